The van der Waals surface area contributed by atoms with Crippen LogP contribution < -0.4 is 10.2 Å². The van der Waals surface area contributed by atoms with Crippen molar-refractivity contribution in [2.24, 2.45) is 0 Å². The molecule has 0 aromatic heterocycles. The molecule has 1 heterocycles. The molecule has 1 aliphatic rings. The Bertz CT molecular complexity index is 921. The van der Waals surface area contributed by atoms with Crippen LogP contribution in [0, 0.1) is 12.7 Å². The van der Waals surface area contributed by atoms with Crippen molar-refractivity contribution in [3.63, 3.8) is 0 Å². The topological polar surface area (TPSA) is 66.5 Å². The SMILES string of the molecule is Cc1ccc(C(=O)NCCS(=O)(=O)c2ccc(F)cc2)cc1N1CCCC1. The molecule has 5 nitrogen and oxygen atoms in total. The lowest BCUT2D eigenvalue weighted by molar-refractivity contribution is 0.0956. The van der Waals surface area contributed by atoms with Gasteiger partial charge in [0.1, 0.15) is 5.82 Å². The Hall–Kier alpha value is -2.41. The van der Waals surface area contributed by atoms with Crippen molar-refractivity contribution < 1.29 is 17.6 Å². The van der Waals surface area contributed by atoms with Gasteiger partial charge in [-0.1, -0.05) is 6.07 Å². The van der Waals surface area contributed by atoms with E-state index in [2.05, 4.69) is 10.2 Å². The van der Waals surface area contributed by atoms with E-state index in [9.17, 15) is 17.6 Å². The minimum atomic E-state index is -3.57. The van der Waals surface area contributed by atoms with Crippen LogP contribution in [0.3, 0.4) is 0 Å². The number of halogens is 1. The zero-order valence-corrected chi connectivity index (χ0v) is 16.1. The summed E-state index contributed by atoms with van der Waals surface area (Å²) in [6.45, 7) is 3.99. The van der Waals surface area contributed by atoms with Gasteiger partial charge < -0.3 is 10.2 Å². The Balaban J connectivity index is 1.62. The lowest BCUT2D eigenvalue weighted by atomic mass is 10.1. The van der Waals surface area contributed by atoms with E-state index in [1.807, 2.05) is 19.1 Å². The number of nitrogens with one attached hydrogen (secondary N) is 1. The monoisotopic (exact) mass is 390 g/mol. The molecule has 2 aromatic rings. The number of benzene rings is 2. The third-order valence-electron chi connectivity index (χ3n) is 4.75. The van der Waals surface area contributed by atoms with Gasteiger partial charge in [0.25, 0.3) is 5.91 Å². The fraction of sp³-hybridized carbons (Fsp3) is 0.350. The highest BCUT2D eigenvalue weighted by Gasteiger charge is 2.18. The van der Waals surface area contributed by atoms with Gasteiger partial charge >= 0.3 is 0 Å². The van der Waals surface area contributed by atoms with Crippen LogP contribution in [-0.4, -0.2) is 39.7 Å². The molecule has 27 heavy (non-hydrogen) atoms. The summed E-state index contributed by atoms with van der Waals surface area (Å²) in [5.41, 5.74) is 2.69. The molecular weight excluding hydrogens is 367 g/mol. The number of nitrogens with zero attached hydrogens (tertiary/aromatic N) is 1. The summed E-state index contributed by atoms with van der Waals surface area (Å²) >= 11 is 0. The van der Waals surface area contributed by atoms with Crippen molar-refractivity contribution in [3.8, 4) is 0 Å². The molecule has 1 fully saturated rings. The number of hydrogen-bond donors (Lipinski definition) is 1. The van der Waals surface area contributed by atoms with Crippen LogP contribution >= 0.6 is 0 Å². The average molecular weight is 390 g/mol. The molecule has 1 saturated heterocycles. The summed E-state index contributed by atoms with van der Waals surface area (Å²) < 4.78 is 37.4. The van der Waals surface area contributed by atoms with Gasteiger partial charge in [-0.15, -0.1) is 0 Å². The van der Waals surface area contributed by atoms with E-state index in [0.717, 1.165) is 49.3 Å². The van der Waals surface area contributed by atoms with E-state index in [4.69, 9.17) is 0 Å². The molecule has 2 aromatic carbocycles. The molecule has 144 valence electrons. The fourth-order valence-corrected chi connectivity index (χ4v) is 4.37. The highest BCUT2D eigenvalue weighted by Crippen LogP contribution is 2.25. The van der Waals surface area contributed by atoms with Crippen molar-refractivity contribution in [3.05, 3.63) is 59.4 Å². The number of sulfone groups is 1. The van der Waals surface area contributed by atoms with Crippen molar-refractivity contribution in [1.29, 1.82) is 0 Å². The summed E-state index contributed by atoms with van der Waals surface area (Å²) in [5, 5.41) is 2.66. The molecule has 3 rings (SSSR count). The van der Waals surface area contributed by atoms with E-state index in [-0.39, 0.29) is 23.1 Å². The first-order chi connectivity index (χ1) is 12.9. The second-order valence-electron chi connectivity index (χ2n) is 6.72. The Labute approximate surface area is 159 Å². The predicted octanol–water partition coefficient (Wildman–Crippen LogP) is 2.94. The third-order valence-corrected chi connectivity index (χ3v) is 6.48. The van der Waals surface area contributed by atoms with Crippen LogP contribution in [0.1, 0.15) is 28.8 Å². The molecule has 0 unspecified atom stereocenters. The molecule has 1 aliphatic heterocycles. The zero-order valence-electron chi connectivity index (χ0n) is 15.2. The number of hydrogen-bond acceptors (Lipinski definition) is 4. The highest BCUT2D eigenvalue weighted by atomic mass is 32.2. The maximum atomic E-state index is 12.9. The van der Waals surface area contributed by atoms with Crippen LogP contribution in [0.5, 0.6) is 0 Å². The zero-order chi connectivity index (χ0) is 19.4. The first-order valence-corrected chi connectivity index (χ1v) is 10.6. The van der Waals surface area contributed by atoms with Crippen LogP contribution in [0.25, 0.3) is 0 Å². The van der Waals surface area contributed by atoms with Crippen molar-refractivity contribution in [2.45, 2.75) is 24.7 Å². The predicted molar refractivity (Wildman–Crippen MR) is 103 cm³/mol. The Kier molecular flexibility index (Phi) is 5.79. The van der Waals surface area contributed by atoms with Gasteiger partial charge in [0, 0.05) is 30.9 Å². The van der Waals surface area contributed by atoms with E-state index in [1.54, 1.807) is 6.07 Å². The normalized spacial score (nSPS) is 14.4. The number of carbonyl (C=O) groups excluding carboxylic acids is 1. The lowest BCUT2D eigenvalue weighted by Gasteiger charge is -2.21. The molecule has 1 amide bonds. The molecule has 0 saturated carbocycles. The Morgan fingerprint density at radius 2 is 1.78 bits per heavy atom. The van der Waals surface area contributed by atoms with Gasteiger partial charge in [0.05, 0.1) is 10.6 Å². The summed E-state index contributed by atoms with van der Waals surface area (Å²) in [6.07, 6.45) is 2.30. The Morgan fingerprint density at radius 3 is 2.44 bits per heavy atom. The molecule has 0 atom stereocenters. The van der Waals surface area contributed by atoms with Crippen LogP contribution in [0.15, 0.2) is 47.4 Å². The van der Waals surface area contributed by atoms with Gasteiger partial charge in [-0.05, 0) is 61.7 Å². The smallest absolute Gasteiger partial charge is 0.251 e. The van der Waals surface area contributed by atoms with E-state index in [0.29, 0.717) is 5.56 Å². The van der Waals surface area contributed by atoms with Gasteiger partial charge in [-0.3, -0.25) is 4.79 Å². The minimum absolute atomic E-state index is 0.00847. The van der Waals surface area contributed by atoms with Crippen LogP contribution in [-0.2, 0) is 9.84 Å². The lowest BCUT2D eigenvalue weighted by Crippen LogP contribution is -2.29. The molecule has 1 N–H and O–H groups in total. The number of anilines is 1. The number of carbonyl (C=O) groups is 1. The second-order valence-corrected chi connectivity index (χ2v) is 8.83. The van der Waals surface area contributed by atoms with Crippen LogP contribution in [0.2, 0.25) is 0 Å². The first kappa shape index (κ1) is 19.4. The second kappa shape index (κ2) is 8.08. The molecular formula is C20H23FN2O3S. The number of amides is 1. The van der Waals surface area contributed by atoms with E-state index < -0.39 is 15.7 Å². The van der Waals surface area contributed by atoms with E-state index in [1.165, 1.54) is 12.1 Å². The first-order valence-electron chi connectivity index (χ1n) is 8.99. The molecule has 7 heteroatoms. The van der Waals surface area contributed by atoms with E-state index >= 15 is 0 Å². The summed E-state index contributed by atoms with van der Waals surface area (Å²) in [4.78, 5) is 14.7. The van der Waals surface area contributed by atoms with Gasteiger partial charge in [0.2, 0.25) is 0 Å². The summed E-state index contributed by atoms with van der Waals surface area (Å²) in [7, 11) is -3.57. The van der Waals surface area contributed by atoms with Gasteiger partial charge in [-0.25, -0.2) is 12.8 Å². The van der Waals surface area contributed by atoms with Crippen LogP contribution in [0.4, 0.5) is 10.1 Å². The summed E-state index contributed by atoms with van der Waals surface area (Å²) in [6, 6.07) is 10.2. The standard InChI is InChI=1S/C20H23FN2O3S/c1-15-4-5-16(14-19(15)23-11-2-3-12-23)20(24)22-10-13-27(25,26)18-8-6-17(21)7-9-18/h4-9,14H,2-3,10-13H2,1H3,(H,22,24). The third kappa shape index (κ3) is 4.66. The number of aryl methyl sites for hydroxylation is 1. The molecule has 0 bridgehead atoms. The van der Waals surface area contributed by atoms with Crippen molar-refractivity contribution in [2.75, 3.05) is 30.3 Å². The molecule has 0 spiro atoms. The van der Waals surface area contributed by atoms with Crippen molar-refractivity contribution in [1.82, 2.24) is 5.32 Å². The molecule has 0 aliphatic carbocycles. The minimum Gasteiger partial charge on any atom is -0.371 e. The quantitative estimate of drug-likeness (QED) is 0.770. The van der Waals surface area contributed by atoms with Gasteiger partial charge in [-0.2, -0.15) is 0 Å². The highest BCUT2D eigenvalue weighted by molar-refractivity contribution is 7.91. The summed E-state index contributed by atoms with van der Waals surface area (Å²) in [5.74, 6) is -1.03. The largest absolute Gasteiger partial charge is 0.371 e. The Morgan fingerprint density at radius 1 is 1.11 bits per heavy atom. The maximum Gasteiger partial charge on any atom is 0.251 e. The molecule has 0 radical (unpaired) electrons. The number of rotatable bonds is 6. The van der Waals surface area contributed by atoms with Gasteiger partial charge in [0.15, 0.2) is 9.84 Å². The maximum absolute atomic E-state index is 12.9. The average Bonchev–Trinajstić information content (AvgIpc) is 3.16. The fourth-order valence-electron chi connectivity index (χ4n) is 3.21. The van der Waals surface area contributed by atoms with Crippen molar-refractivity contribution >= 4 is 21.4 Å².